The van der Waals surface area contributed by atoms with Gasteiger partial charge < -0.3 is 14.5 Å². The first-order valence-corrected chi connectivity index (χ1v) is 12.3. The van der Waals surface area contributed by atoms with Gasteiger partial charge in [0, 0.05) is 17.7 Å². The van der Waals surface area contributed by atoms with E-state index >= 15 is 0 Å². The van der Waals surface area contributed by atoms with E-state index in [0.29, 0.717) is 29.3 Å². The molecule has 0 saturated carbocycles. The van der Waals surface area contributed by atoms with Crippen molar-refractivity contribution in [2.75, 3.05) is 20.0 Å². The van der Waals surface area contributed by atoms with Crippen LogP contribution in [0.5, 0.6) is 11.5 Å². The fourth-order valence-electron chi connectivity index (χ4n) is 4.05. The van der Waals surface area contributed by atoms with Crippen LogP contribution in [0.15, 0.2) is 63.6 Å². The number of hydrazone groups is 1. The number of aromatic amines is 1. The van der Waals surface area contributed by atoms with Gasteiger partial charge in [-0.1, -0.05) is 30.8 Å². The van der Waals surface area contributed by atoms with Gasteiger partial charge in [0.1, 0.15) is 11.5 Å². The fraction of sp³-hybridized carbons (Fsp3) is 0.308. The van der Waals surface area contributed by atoms with Gasteiger partial charge >= 0.3 is 0 Å². The molecule has 1 aliphatic heterocycles. The van der Waals surface area contributed by atoms with Crippen molar-refractivity contribution in [3.8, 4) is 11.5 Å². The van der Waals surface area contributed by atoms with Gasteiger partial charge in [0.05, 0.1) is 31.7 Å². The lowest BCUT2D eigenvalue weighted by molar-refractivity contribution is -0.130. The smallest absolute Gasteiger partial charge is 0.254 e. The summed E-state index contributed by atoms with van der Waals surface area (Å²) < 4.78 is 10.5. The highest BCUT2D eigenvalue weighted by atomic mass is 32.2. The highest BCUT2D eigenvalue weighted by molar-refractivity contribution is 7.99. The Balaban J connectivity index is 1.58. The fourth-order valence-corrected chi connectivity index (χ4v) is 4.81. The molecule has 1 unspecified atom stereocenters. The Labute approximate surface area is 208 Å². The predicted molar refractivity (Wildman–Crippen MR) is 136 cm³/mol. The van der Waals surface area contributed by atoms with Crippen LogP contribution in [0.1, 0.15) is 41.8 Å². The van der Waals surface area contributed by atoms with E-state index in [1.54, 1.807) is 19.2 Å². The Hall–Kier alpha value is -3.59. The summed E-state index contributed by atoms with van der Waals surface area (Å²) >= 11 is 1.20. The number of carbonyl (C=O) groups is 1. The van der Waals surface area contributed by atoms with Crippen LogP contribution in [0.4, 0.5) is 0 Å². The maximum absolute atomic E-state index is 13.3. The van der Waals surface area contributed by atoms with Crippen molar-refractivity contribution in [3.05, 3.63) is 81.3 Å². The van der Waals surface area contributed by atoms with Crippen molar-refractivity contribution in [1.29, 1.82) is 0 Å². The number of hydrogen-bond acceptors (Lipinski definition) is 7. The van der Waals surface area contributed by atoms with Gasteiger partial charge in [-0.25, -0.2) is 9.99 Å². The van der Waals surface area contributed by atoms with E-state index in [9.17, 15) is 9.59 Å². The third-order valence-corrected chi connectivity index (χ3v) is 6.83. The van der Waals surface area contributed by atoms with Crippen molar-refractivity contribution < 1.29 is 14.3 Å². The quantitative estimate of drug-likeness (QED) is 0.375. The molecule has 1 aromatic heterocycles. The number of hydrogen-bond donors (Lipinski definition) is 1. The average Bonchev–Trinajstić information content (AvgIpc) is 3.33. The molecular weight excluding hydrogens is 464 g/mol. The van der Waals surface area contributed by atoms with Gasteiger partial charge in [0.15, 0.2) is 5.16 Å². The van der Waals surface area contributed by atoms with E-state index in [-0.39, 0.29) is 23.3 Å². The van der Waals surface area contributed by atoms with E-state index < -0.39 is 0 Å². The molecule has 0 aliphatic carbocycles. The van der Waals surface area contributed by atoms with Crippen molar-refractivity contribution in [3.63, 3.8) is 0 Å². The van der Waals surface area contributed by atoms with Crippen LogP contribution in [0.2, 0.25) is 0 Å². The lowest BCUT2D eigenvalue weighted by Gasteiger charge is -2.22. The van der Waals surface area contributed by atoms with Crippen molar-refractivity contribution >= 4 is 23.4 Å². The monoisotopic (exact) mass is 492 g/mol. The second-order valence-corrected chi connectivity index (χ2v) is 9.05. The van der Waals surface area contributed by atoms with Crippen LogP contribution in [-0.2, 0) is 11.2 Å². The SMILES string of the molecule is CCc1c(C)nc(SCC(=O)N2N=C(c3ccc(OC)cc3)CC2c2ccc(OC)cc2)[nH]c1=O. The molecule has 35 heavy (non-hydrogen) atoms. The number of H-pyrrole nitrogens is 1. The lowest BCUT2D eigenvalue weighted by Crippen LogP contribution is -2.28. The molecule has 1 N–H and O–H groups in total. The molecule has 2 aromatic carbocycles. The molecule has 1 atom stereocenters. The largest absolute Gasteiger partial charge is 0.497 e. The molecule has 8 nitrogen and oxygen atoms in total. The van der Waals surface area contributed by atoms with E-state index in [4.69, 9.17) is 14.6 Å². The zero-order chi connectivity index (χ0) is 24.9. The summed E-state index contributed by atoms with van der Waals surface area (Å²) in [6.45, 7) is 3.73. The molecule has 9 heteroatoms. The van der Waals surface area contributed by atoms with Crippen molar-refractivity contribution in [2.24, 2.45) is 5.10 Å². The summed E-state index contributed by atoms with van der Waals surface area (Å²) in [6, 6.07) is 15.1. The summed E-state index contributed by atoms with van der Waals surface area (Å²) in [5.74, 6) is 1.44. The molecule has 2 heterocycles. The molecule has 1 aliphatic rings. The van der Waals surface area contributed by atoms with E-state index in [1.165, 1.54) is 11.8 Å². The summed E-state index contributed by atoms with van der Waals surface area (Å²) in [5, 5.41) is 6.68. The van der Waals surface area contributed by atoms with Gasteiger partial charge in [0.25, 0.3) is 11.5 Å². The van der Waals surface area contributed by atoms with Crippen molar-refractivity contribution in [2.45, 2.75) is 37.9 Å². The zero-order valence-corrected chi connectivity index (χ0v) is 21.0. The number of nitrogens with zero attached hydrogens (tertiary/aromatic N) is 3. The zero-order valence-electron chi connectivity index (χ0n) is 20.2. The molecule has 182 valence electrons. The first kappa shape index (κ1) is 24.5. The Bertz CT molecular complexity index is 1290. The number of carbonyl (C=O) groups excluding carboxylic acids is 1. The topological polar surface area (TPSA) is 96.9 Å². The predicted octanol–water partition coefficient (Wildman–Crippen LogP) is 4.13. The number of benzene rings is 2. The number of ether oxygens (including phenoxy) is 2. The first-order chi connectivity index (χ1) is 16.9. The first-order valence-electron chi connectivity index (χ1n) is 11.3. The minimum Gasteiger partial charge on any atom is -0.497 e. The molecule has 0 radical (unpaired) electrons. The van der Waals surface area contributed by atoms with Gasteiger partial charge in [-0.2, -0.15) is 5.10 Å². The molecule has 0 fully saturated rings. The third kappa shape index (κ3) is 5.40. The standard InChI is InChI=1S/C26H28N4O4S/c1-5-21-16(2)27-26(28-25(21)32)35-15-24(31)30-23(18-8-12-20(34-4)13-9-18)14-22(29-30)17-6-10-19(33-3)11-7-17/h6-13,23H,5,14-15H2,1-4H3,(H,27,28,32). The number of aromatic nitrogens is 2. The lowest BCUT2D eigenvalue weighted by atomic mass is 9.98. The molecule has 4 rings (SSSR count). The molecule has 1 amide bonds. The van der Waals surface area contributed by atoms with Gasteiger partial charge in [-0.3, -0.25) is 9.59 Å². The van der Waals surface area contributed by atoms with Gasteiger partial charge in [-0.05, 0) is 60.9 Å². The Morgan fingerprint density at radius 3 is 2.29 bits per heavy atom. The summed E-state index contributed by atoms with van der Waals surface area (Å²) in [7, 11) is 3.24. The normalized spacial score (nSPS) is 15.1. The number of aryl methyl sites for hydroxylation is 1. The van der Waals surface area contributed by atoms with Crippen LogP contribution in [-0.4, -0.2) is 46.6 Å². The minimum atomic E-state index is -0.248. The van der Waals surface area contributed by atoms with Gasteiger partial charge in [-0.15, -0.1) is 0 Å². The van der Waals surface area contributed by atoms with Gasteiger partial charge in [0.2, 0.25) is 0 Å². The summed E-state index contributed by atoms with van der Waals surface area (Å²) in [5.41, 5.74) is 3.90. The van der Waals surface area contributed by atoms with E-state index in [0.717, 1.165) is 28.3 Å². The van der Waals surface area contributed by atoms with Crippen LogP contribution >= 0.6 is 11.8 Å². The molecule has 0 bridgehead atoms. The third-order valence-electron chi connectivity index (χ3n) is 5.98. The number of rotatable bonds is 8. The number of thioether (sulfide) groups is 1. The van der Waals surface area contributed by atoms with Crippen LogP contribution < -0.4 is 15.0 Å². The molecule has 0 saturated heterocycles. The molecule has 3 aromatic rings. The Morgan fingerprint density at radius 2 is 1.71 bits per heavy atom. The Kier molecular flexibility index (Phi) is 7.55. The van der Waals surface area contributed by atoms with E-state index in [1.807, 2.05) is 62.4 Å². The van der Waals surface area contributed by atoms with E-state index in [2.05, 4.69) is 9.97 Å². The second-order valence-electron chi connectivity index (χ2n) is 8.08. The average molecular weight is 493 g/mol. The maximum Gasteiger partial charge on any atom is 0.254 e. The van der Waals surface area contributed by atoms with Crippen LogP contribution in [0.3, 0.4) is 0 Å². The minimum absolute atomic E-state index is 0.0971. The highest BCUT2D eigenvalue weighted by Crippen LogP contribution is 2.34. The number of amides is 1. The summed E-state index contributed by atoms with van der Waals surface area (Å²) in [4.78, 5) is 32.8. The highest BCUT2D eigenvalue weighted by Gasteiger charge is 2.33. The number of methoxy groups -OCH3 is 2. The molecular formula is C26H28N4O4S. The summed E-state index contributed by atoms with van der Waals surface area (Å²) in [6.07, 6.45) is 1.19. The maximum atomic E-state index is 13.3. The van der Waals surface area contributed by atoms with Crippen molar-refractivity contribution in [1.82, 2.24) is 15.0 Å². The Morgan fingerprint density at radius 1 is 1.09 bits per heavy atom. The number of nitrogens with one attached hydrogen (secondary N) is 1. The van der Waals surface area contributed by atoms with Crippen LogP contribution in [0.25, 0.3) is 0 Å². The second kappa shape index (κ2) is 10.8. The van der Waals surface area contributed by atoms with Crippen LogP contribution in [0, 0.1) is 6.92 Å². The molecule has 0 spiro atoms.